The van der Waals surface area contributed by atoms with Gasteiger partial charge >= 0.3 is 12.0 Å². The predicted molar refractivity (Wildman–Crippen MR) is 42.3 cm³/mol. The van der Waals surface area contributed by atoms with Gasteiger partial charge in [0.2, 0.25) is 0 Å². The fourth-order valence-electron chi connectivity index (χ4n) is 0.954. The molecule has 0 radical (unpaired) electrons. The molecular weight excluding hydrogens is 204 g/mol. The summed E-state index contributed by atoms with van der Waals surface area (Å²) in [5, 5.41) is 15.9. The minimum absolute atomic E-state index is 0.156. The minimum atomic E-state index is -4.79. The van der Waals surface area contributed by atoms with Crippen molar-refractivity contribution >= 4 is 0 Å². The molecule has 1 atom stereocenters. The topological polar surface area (TPSA) is 40.5 Å². The van der Waals surface area contributed by atoms with Crippen molar-refractivity contribution in [3.8, 4) is 0 Å². The van der Waals surface area contributed by atoms with Crippen molar-refractivity contribution in [1.82, 2.24) is 0 Å². The molecule has 0 aliphatic carbocycles. The lowest BCUT2D eigenvalue weighted by Crippen LogP contribution is -2.50. The third-order valence-electron chi connectivity index (χ3n) is 1.88. The summed E-state index contributed by atoms with van der Waals surface area (Å²) < 4.78 is 49.7. The Hall–Kier alpha value is -0.360. The van der Waals surface area contributed by atoms with Gasteiger partial charge in [-0.2, -0.15) is 13.2 Å². The van der Waals surface area contributed by atoms with Crippen LogP contribution in [0.25, 0.3) is 0 Å². The van der Waals surface area contributed by atoms with Crippen LogP contribution >= 0.6 is 0 Å². The Morgan fingerprint density at radius 3 is 2.00 bits per heavy atom. The summed E-state index contributed by atoms with van der Waals surface area (Å²) in [6.07, 6.45) is -2.07. The number of alkyl halides is 4. The van der Waals surface area contributed by atoms with E-state index in [1.165, 1.54) is 0 Å². The van der Waals surface area contributed by atoms with E-state index in [1.807, 2.05) is 0 Å². The monoisotopic (exact) mass is 218 g/mol. The van der Waals surface area contributed by atoms with Crippen LogP contribution in [-0.4, -0.2) is 28.3 Å². The first-order valence-corrected chi connectivity index (χ1v) is 4.39. The van der Waals surface area contributed by atoms with Gasteiger partial charge in [-0.3, -0.25) is 0 Å². The molecule has 0 saturated carbocycles. The predicted octanol–water partition coefficient (Wildman–Crippen LogP) is 2.15. The average molecular weight is 218 g/mol. The van der Waals surface area contributed by atoms with E-state index in [-0.39, 0.29) is 6.42 Å². The van der Waals surface area contributed by atoms with Crippen molar-refractivity contribution in [2.45, 2.75) is 50.7 Å². The maximum absolute atomic E-state index is 12.7. The van der Waals surface area contributed by atoms with Crippen molar-refractivity contribution in [2.75, 3.05) is 0 Å². The summed E-state index contributed by atoms with van der Waals surface area (Å²) in [6, 6.07) is -4.79. The standard InChI is InChI=1S/C8H14F4O2/c1-2-3-4-5-6(9)7(10,11)8(12,13)14/h6,13-14H,2-5H2,1H3. The first-order valence-electron chi connectivity index (χ1n) is 4.39. The number of halogens is 4. The summed E-state index contributed by atoms with van der Waals surface area (Å²) in [5.74, 6) is -4.78. The molecule has 0 amide bonds. The lowest BCUT2D eigenvalue weighted by Gasteiger charge is -2.26. The third-order valence-corrected chi connectivity index (χ3v) is 1.88. The van der Waals surface area contributed by atoms with Crippen LogP contribution in [0, 0.1) is 0 Å². The summed E-state index contributed by atoms with van der Waals surface area (Å²) in [6.45, 7) is 1.79. The van der Waals surface area contributed by atoms with Crippen LogP contribution in [-0.2, 0) is 0 Å². The average Bonchev–Trinajstić information content (AvgIpc) is 2.02. The van der Waals surface area contributed by atoms with Crippen LogP contribution in [0.5, 0.6) is 0 Å². The van der Waals surface area contributed by atoms with Gasteiger partial charge in [0, 0.05) is 0 Å². The van der Waals surface area contributed by atoms with Crippen LogP contribution < -0.4 is 0 Å². The van der Waals surface area contributed by atoms with Gasteiger partial charge in [0.05, 0.1) is 0 Å². The second-order valence-corrected chi connectivity index (χ2v) is 3.17. The molecule has 0 aromatic rings. The van der Waals surface area contributed by atoms with Gasteiger partial charge in [-0.1, -0.05) is 26.2 Å². The molecule has 0 aliphatic rings. The Bertz CT molecular complexity index is 167. The maximum Gasteiger partial charge on any atom is 0.384 e. The number of hydrogen-bond acceptors (Lipinski definition) is 2. The molecule has 2 nitrogen and oxygen atoms in total. The highest BCUT2D eigenvalue weighted by molar-refractivity contribution is 4.83. The van der Waals surface area contributed by atoms with E-state index in [0.717, 1.165) is 0 Å². The normalized spacial score (nSPS) is 15.6. The largest absolute Gasteiger partial charge is 0.384 e. The van der Waals surface area contributed by atoms with Crippen LogP contribution in [0.3, 0.4) is 0 Å². The van der Waals surface area contributed by atoms with Crippen LogP contribution in [0.15, 0.2) is 0 Å². The van der Waals surface area contributed by atoms with Crippen molar-refractivity contribution in [1.29, 1.82) is 0 Å². The Labute approximate surface area is 79.5 Å². The summed E-state index contributed by atoms with van der Waals surface area (Å²) in [4.78, 5) is 0. The molecule has 6 heteroatoms. The summed E-state index contributed by atoms with van der Waals surface area (Å²) in [7, 11) is 0. The lowest BCUT2D eigenvalue weighted by molar-refractivity contribution is -0.380. The Balaban J connectivity index is 4.15. The van der Waals surface area contributed by atoms with E-state index in [4.69, 9.17) is 10.2 Å². The molecule has 1 unspecified atom stereocenters. The minimum Gasteiger partial charge on any atom is -0.335 e. The second kappa shape index (κ2) is 4.93. The van der Waals surface area contributed by atoms with E-state index >= 15 is 0 Å². The zero-order valence-electron chi connectivity index (χ0n) is 7.81. The molecule has 0 aromatic carbocycles. The van der Waals surface area contributed by atoms with Gasteiger partial charge < -0.3 is 10.2 Å². The maximum atomic E-state index is 12.7. The van der Waals surface area contributed by atoms with Crippen LogP contribution in [0.4, 0.5) is 17.6 Å². The number of unbranched alkanes of at least 4 members (excludes halogenated alkanes) is 2. The van der Waals surface area contributed by atoms with Gasteiger partial charge in [-0.15, -0.1) is 0 Å². The van der Waals surface area contributed by atoms with Gasteiger partial charge in [-0.05, 0) is 6.42 Å². The number of aliphatic hydroxyl groups is 2. The first kappa shape index (κ1) is 13.6. The molecule has 2 N–H and O–H groups in total. The van der Waals surface area contributed by atoms with Crippen molar-refractivity contribution in [3.63, 3.8) is 0 Å². The number of rotatable bonds is 6. The molecule has 0 bridgehead atoms. The van der Waals surface area contributed by atoms with Crippen LogP contribution in [0.1, 0.15) is 32.6 Å². The molecule has 0 aromatic heterocycles. The fraction of sp³-hybridized carbons (Fsp3) is 1.00. The lowest BCUT2D eigenvalue weighted by atomic mass is 10.1. The van der Waals surface area contributed by atoms with E-state index in [2.05, 4.69) is 0 Å². The molecule has 0 heterocycles. The van der Waals surface area contributed by atoms with Crippen molar-refractivity contribution < 1.29 is 27.8 Å². The molecular formula is C8H14F4O2. The van der Waals surface area contributed by atoms with Crippen LogP contribution in [0.2, 0.25) is 0 Å². The summed E-state index contributed by atoms with van der Waals surface area (Å²) in [5.41, 5.74) is 0. The Morgan fingerprint density at radius 1 is 1.14 bits per heavy atom. The second-order valence-electron chi connectivity index (χ2n) is 3.17. The number of hydrogen-bond donors (Lipinski definition) is 2. The van der Waals surface area contributed by atoms with E-state index in [1.54, 1.807) is 6.92 Å². The summed E-state index contributed by atoms with van der Waals surface area (Å²) >= 11 is 0. The van der Waals surface area contributed by atoms with Gasteiger partial charge in [-0.25, -0.2) is 4.39 Å². The molecule has 0 fully saturated rings. The van der Waals surface area contributed by atoms with E-state index in [9.17, 15) is 17.6 Å². The molecule has 0 rings (SSSR count). The fourth-order valence-corrected chi connectivity index (χ4v) is 0.954. The quantitative estimate of drug-likeness (QED) is 0.407. The van der Waals surface area contributed by atoms with Gasteiger partial charge in [0.1, 0.15) is 0 Å². The molecule has 0 spiro atoms. The van der Waals surface area contributed by atoms with Gasteiger partial charge in [0.15, 0.2) is 6.17 Å². The third kappa shape index (κ3) is 3.42. The molecule has 0 saturated heterocycles. The van der Waals surface area contributed by atoms with Gasteiger partial charge in [0.25, 0.3) is 0 Å². The SMILES string of the molecule is CCCCCC(F)C(F)(F)C(O)(O)F. The van der Waals surface area contributed by atoms with Crippen molar-refractivity contribution in [3.05, 3.63) is 0 Å². The van der Waals surface area contributed by atoms with Crippen molar-refractivity contribution in [2.24, 2.45) is 0 Å². The highest BCUT2D eigenvalue weighted by Gasteiger charge is 2.59. The zero-order chi connectivity index (χ0) is 11.4. The highest BCUT2D eigenvalue weighted by atomic mass is 19.3. The van der Waals surface area contributed by atoms with E-state index in [0.29, 0.717) is 12.8 Å². The molecule has 14 heavy (non-hydrogen) atoms. The zero-order valence-corrected chi connectivity index (χ0v) is 7.81. The smallest absolute Gasteiger partial charge is 0.335 e. The Kier molecular flexibility index (Phi) is 4.80. The first-order chi connectivity index (χ1) is 6.23. The highest BCUT2D eigenvalue weighted by Crippen LogP contribution is 2.35. The molecule has 0 aliphatic heterocycles. The Morgan fingerprint density at radius 2 is 1.64 bits per heavy atom. The molecule has 86 valence electrons. The van der Waals surface area contributed by atoms with E-state index < -0.39 is 24.6 Å².